The summed E-state index contributed by atoms with van der Waals surface area (Å²) in [6.07, 6.45) is -3.92. The number of rotatable bonds is 4. The van der Waals surface area contributed by atoms with E-state index in [9.17, 15) is 18.3 Å². The van der Waals surface area contributed by atoms with Crippen molar-refractivity contribution in [3.8, 4) is 5.75 Å². The van der Waals surface area contributed by atoms with Crippen LogP contribution in [0, 0.1) is 5.41 Å². The van der Waals surface area contributed by atoms with Crippen LogP contribution in [0.5, 0.6) is 5.75 Å². The maximum Gasteiger partial charge on any atom is 0.419 e. The maximum atomic E-state index is 13.1. The molecule has 3 rings (SSSR count). The minimum absolute atomic E-state index is 0.111. The second kappa shape index (κ2) is 7.24. The highest BCUT2D eigenvalue weighted by Gasteiger charge is 2.45. The molecule has 1 aromatic carbocycles. The van der Waals surface area contributed by atoms with E-state index < -0.39 is 22.3 Å². The number of amidine groups is 1. The zero-order chi connectivity index (χ0) is 18.9. The number of thioether (sulfide) groups is 1. The summed E-state index contributed by atoms with van der Waals surface area (Å²) in [6.45, 7) is 0.837. The minimum Gasteiger partial charge on any atom is -0.490 e. The zero-order valence-corrected chi connectivity index (χ0v) is 14.5. The van der Waals surface area contributed by atoms with Crippen LogP contribution in [0.25, 0.3) is 0 Å². The Hall–Kier alpha value is -1.53. The molecule has 6 N–H and O–H groups in total. The lowest BCUT2D eigenvalue weighted by Gasteiger charge is -2.40. The van der Waals surface area contributed by atoms with Crippen molar-refractivity contribution in [3.63, 3.8) is 0 Å². The average molecular weight is 391 g/mol. The van der Waals surface area contributed by atoms with Gasteiger partial charge in [-0.3, -0.25) is 10.3 Å². The summed E-state index contributed by atoms with van der Waals surface area (Å²) in [5.41, 5.74) is 10.1. The molecule has 26 heavy (non-hydrogen) atoms. The fraction of sp³-hybridized carbons (Fsp3) is 0.533. The van der Waals surface area contributed by atoms with E-state index in [4.69, 9.17) is 15.9 Å². The first kappa shape index (κ1) is 19.2. The number of para-hydroxylation sites is 1. The SMILES string of the molecule is N=C(N)C1NNC(O)(N2CCC(Oc3ccccc3C(F)(F)F)CC2)S1. The van der Waals surface area contributed by atoms with Crippen LogP contribution in [0.15, 0.2) is 24.3 Å². The number of likely N-dealkylation sites (tertiary alicyclic amines) is 1. The summed E-state index contributed by atoms with van der Waals surface area (Å²) in [4.78, 5) is 1.74. The van der Waals surface area contributed by atoms with Gasteiger partial charge in [0.25, 0.3) is 0 Å². The lowest BCUT2D eigenvalue weighted by atomic mass is 10.1. The first-order valence-electron chi connectivity index (χ1n) is 8.04. The fourth-order valence-electron chi connectivity index (χ4n) is 2.94. The summed E-state index contributed by atoms with van der Waals surface area (Å²) < 4.78 is 44.8. The van der Waals surface area contributed by atoms with Crippen molar-refractivity contribution < 1.29 is 23.0 Å². The van der Waals surface area contributed by atoms with Crippen molar-refractivity contribution in [1.29, 1.82) is 5.41 Å². The van der Waals surface area contributed by atoms with Crippen molar-refractivity contribution in [3.05, 3.63) is 29.8 Å². The Balaban J connectivity index is 1.59. The van der Waals surface area contributed by atoms with Crippen LogP contribution in [0.3, 0.4) is 0 Å². The van der Waals surface area contributed by atoms with Crippen molar-refractivity contribution in [2.24, 2.45) is 5.73 Å². The molecule has 11 heteroatoms. The molecule has 2 aliphatic rings. The molecule has 0 amide bonds. The Labute approximate surface area is 152 Å². The first-order chi connectivity index (χ1) is 12.2. The molecular weight excluding hydrogens is 371 g/mol. The molecular formula is C15H20F3N5O2S. The smallest absolute Gasteiger partial charge is 0.419 e. The molecule has 0 radical (unpaired) electrons. The van der Waals surface area contributed by atoms with E-state index in [1.165, 1.54) is 18.2 Å². The molecule has 2 atom stereocenters. The lowest BCUT2D eigenvalue weighted by molar-refractivity contribution is -0.139. The average Bonchev–Trinajstić information content (AvgIpc) is 2.99. The van der Waals surface area contributed by atoms with E-state index in [0.717, 1.165) is 17.8 Å². The molecule has 1 aromatic rings. The fourth-order valence-corrected chi connectivity index (χ4v) is 3.96. The number of halogens is 3. The monoisotopic (exact) mass is 391 g/mol. The van der Waals surface area contributed by atoms with Gasteiger partial charge in [0.1, 0.15) is 23.1 Å². The number of hydrogen-bond acceptors (Lipinski definition) is 7. The van der Waals surface area contributed by atoms with Gasteiger partial charge in [-0.25, -0.2) is 10.9 Å². The van der Waals surface area contributed by atoms with Gasteiger partial charge in [-0.2, -0.15) is 13.2 Å². The predicted octanol–water partition coefficient (Wildman–Crippen LogP) is 1.26. The second-order valence-corrected chi connectivity index (χ2v) is 7.41. The van der Waals surface area contributed by atoms with Crippen LogP contribution in [-0.4, -0.2) is 45.6 Å². The predicted molar refractivity (Wildman–Crippen MR) is 91.2 cm³/mol. The number of hydrazine groups is 1. The number of nitrogens with two attached hydrogens (primary N) is 1. The molecule has 0 spiro atoms. The number of nitrogens with zero attached hydrogens (tertiary/aromatic N) is 1. The number of nitrogens with one attached hydrogen (secondary N) is 3. The van der Waals surface area contributed by atoms with Gasteiger partial charge in [0.2, 0.25) is 5.18 Å². The Morgan fingerprint density at radius 2 is 2.00 bits per heavy atom. The molecule has 0 aliphatic carbocycles. The molecule has 7 nitrogen and oxygen atoms in total. The second-order valence-electron chi connectivity index (χ2n) is 6.13. The van der Waals surface area contributed by atoms with Gasteiger partial charge in [0.15, 0.2) is 0 Å². The van der Waals surface area contributed by atoms with Crippen molar-refractivity contribution in [2.45, 2.75) is 35.7 Å². The summed E-state index contributed by atoms with van der Waals surface area (Å²) in [7, 11) is 0. The molecule has 0 saturated carbocycles. The van der Waals surface area contributed by atoms with Crippen LogP contribution in [0.2, 0.25) is 0 Å². The van der Waals surface area contributed by atoms with Gasteiger partial charge >= 0.3 is 6.18 Å². The van der Waals surface area contributed by atoms with E-state index in [2.05, 4.69) is 10.9 Å². The third-order valence-corrected chi connectivity index (χ3v) is 5.58. The molecule has 144 valence electrons. The maximum absolute atomic E-state index is 13.1. The largest absolute Gasteiger partial charge is 0.490 e. The molecule has 0 bridgehead atoms. The zero-order valence-electron chi connectivity index (χ0n) is 13.7. The first-order valence-corrected chi connectivity index (χ1v) is 8.92. The van der Waals surface area contributed by atoms with Crippen molar-refractivity contribution in [2.75, 3.05) is 13.1 Å². The van der Waals surface area contributed by atoms with Gasteiger partial charge in [-0.05, 0) is 25.0 Å². The summed E-state index contributed by atoms with van der Waals surface area (Å²) in [6, 6.07) is 5.16. The van der Waals surface area contributed by atoms with E-state index in [0.29, 0.717) is 25.9 Å². The Bertz CT molecular complexity index is 669. The summed E-state index contributed by atoms with van der Waals surface area (Å²) in [5.74, 6) is -0.288. The topological polar surface area (TPSA) is 107 Å². The number of ether oxygens (including phenoxy) is 1. The molecule has 2 unspecified atom stereocenters. The Morgan fingerprint density at radius 3 is 2.58 bits per heavy atom. The highest BCUT2D eigenvalue weighted by Crippen LogP contribution is 2.38. The Morgan fingerprint density at radius 1 is 1.35 bits per heavy atom. The summed E-state index contributed by atoms with van der Waals surface area (Å²) >= 11 is 1.06. The van der Waals surface area contributed by atoms with Gasteiger partial charge in [-0.1, -0.05) is 23.9 Å². The van der Waals surface area contributed by atoms with Crippen LogP contribution < -0.4 is 21.3 Å². The van der Waals surface area contributed by atoms with E-state index in [1.807, 2.05) is 0 Å². The third kappa shape index (κ3) is 4.07. The van der Waals surface area contributed by atoms with E-state index >= 15 is 0 Å². The van der Waals surface area contributed by atoms with E-state index in [1.54, 1.807) is 4.90 Å². The van der Waals surface area contributed by atoms with Gasteiger partial charge < -0.3 is 15.6 Å². The minimum atomic E-state index is -4.47. The van der Waals surface area contributed by atoms with Gasteiger partial charge in [0.05, 0.1) is 5.56 Å². The van der Waals surface area contributed by atoms with Gasteiger partial charge in [0, 0.05) is 13.1 Å². The lowest BCUT2D eigenvalue weighted by Crippen LogP contribution is -2.58. The number of benzene rings is 1. The van der Waals surface area contributed by atoms with Gasteiger partial charge in [-0.15, -0.1) is 0 Å². The highest BCUT2D eigenvalue weighted by molar-refractivity contribution is 8.01. The van der Waals surface area contributed by atoms with Crippen molar-refractivity contribution in [1.82, 2.24) is 15.8 Å². The van der Waals surface area contributed by atoms with E-state index in [-0.39, 0.29) is 17.7 Å². The molecule has 2 aliphatic heterocycles. The highest BCUT2D eigenvalue weighted by atomic mass is 32.2. The van der Waals surface area contributed by atoms with Crippen LogP contribution >= 0.6 is 11.8 Å². The van der Waals surface area contributed by atoms with Crippen LogP contribution in [0.1, 0.15) is 18.4 Å². The normalized spacial score (nSPS) is 28.2. The van der Waals surface area contributed by atoms with Crippen LogP contribution in [0.4, 0.5) is 13.2 Å². The van der Waals surface area contributed by atoms with Crippen molar-refractivity contribution >= 4 is 17.6 Å². The Kier molecular flexibility index (Phi) is 5.35. The number of alkyl halides is 3. The molecule has 2 saturated heterocycles. The van der Waals surface area contributed by atoms with Crippen LogP contribution in [-0.2, 0) is 6.18 Å². The quantitative estimate of drug-likeness (QED) is 0.389. The molecule has 0 aromatic heterocycles. The number of hydrogen-bond donors (Lipinski definition) is 5. The standard InChI is InChI=1S/C15H20F3N5O2S/c16-14(17,18)10-3-1-2-4-11(10)25-9-5-7-23(8-6-9)15(24)22-21-13(26-15)12(19)20/h1-4,9,13,21-22,24H,5-8H2,(H3,19,20). The third-order valence-electron chi connectivity index (χ3n) is 4.29. The number of piperidine rings is 1. The molecule has 2 fully saturated rings. The summed E-state index contributed by atoms with van der Waals surface area (Å²) in [5, 5.41) is 16.1. The molecule has 2 heterocycles. The number of aliphatic hydroxyl groups is 1.